The molecule has 0 bridgehead atoms. The van der Waals surface area contributed by atoms with Gasteiger partial charge in [0, 0.05) is 22.3 Å². The Labute approximate surface area is 121 Å². The number of anilines is 1. The van der Waals surface area contributed by atoms with E-state index in [1.54, 1.807) is 0 Å². The van der Waals surface area contributed by atoms with Gasteiger partial charge in [-0.2, -0.15) is 5.26 Å². The molecule has 0 amide bonds. The van der Waals surface area contributed by atoms with Crippen LogP contribution in [0.4, 0.5) is 5.82 Å². The minimum absolute atomic E-state index is 0.574. The Morgan fingerprint density at radius 3 is 2.58 bits per heavy atom. The molecule has 1 aromatic heterocycles. The summed E-state index contributed by atoms with van der Waals surface area (Å²) in [7, 11) is 0. The Kier molecular flexibility index (Phi) is 4.18. The largest absolute Gasteiger partial charge is 0.369 e. The summed E-state index contributed by atoms with van der Waals surface area (Å²) in [6.45, 7) is 4.69. The van der Waals surface area contributed by atoms with E-state index in [1.807, 2.05) is 44.2 Å². The number of aryl methyl sites for hydroxylation is 1. The van der Waals surface area contributed by atoms with Gasteiger partial charge in [-0.05, 0) is 37.6 Å². The molecule has 96 valence electrons. The second kappa shape index (κ2) is 5.85. The molecule has 1 heterocycles. The van der Waals surface area contributed by atoms with Crippen LogP contribution in [0.5, 0.6) is 0 Å². The zero-order chi connectivity index (χ0) is 13.8. The van der Waals surface area contributed by atoms with Gasteiger partial charge in [0.25, 0.3) is 0 Å². The fourth-order valence-corrected chi connectivity index (χ4v) is 2.18. The topological polar surface area (TPSA) is 48.7 Å². The highest BCUT2D eigenvalue weighted by Gasteiger charge is 2.10. The molecule has 2 aromatic rings. The first-order chi connectivity index (χ1) is 9.15. The molecule has 4 heteroatoms. The van der Waals surface area contributed by atoms with Gasteiger partial charge >= 0.3 is 0 Å². The number of nitrogens with zero attached hydrogens (tertiary/aromatic N) is 2. The molecule has 0 atom stereocenters. The highest BCUT2D eigenvalue weighted by Crippen LogP contribution is 2.27. The quantitative estimate of drug-likeness (QED) is 0.926. The second-order valence-corrected chi connectivity index (χ2v) is 5.08. The highest BCUT2D eigenvalue weighted by molar-refractivity contribution is 9.10. The molecular formula is C15H14BrN3. The Morgan fingerprint density at radius 1 is 1.32 bits per heavy atom. The summed E-state index contributed by atoms with van der Waals surface area (Å²) in [5, 5.41) is 12.3. The second-order valence-electron chi connectivity index (χ2n) is 4.17. The molecule has 0 saturated heterocycles. The van der Waals surface area contributed by atoms with Gasteiger partial charge in [-0.1, -0.05) is 28.1 Å². The molecule has 2 rings (SSSR count). The highest BCUT2D eigenvalue weighted by atomic mass is 79.9. The molecule has 0 radical (unpaired) electrons. The van der Waals surface area contributed by atoms with E-state index < -0.39 is 0 Å². The zero-order valence-corrected chi connectivity index (χ0v) is 12.5. The van der Waals surface area contributed by atoms with E-state index in [0.29, 0.717) is 11.4 Å². The first-order valence-electron chi connectivity index (χ1n) is 6.07. The molecule has 0 aliphatic carbocycles. The van der Waals surface area contributed by atoms with E-state index in [9.17, 15) is 5.26 Å². The maximum absolute atomic E-state index is 9.21. The SMILES string of the molecule is CCNc1nc(C)c(-c2ccc(Br)cc2)cc1C#N. The van der Waals surface area contributed by atoms with Gasteiger partial charge in [0.15, 0.2) is 0 Å². The summed E-state index contributed by atoms with van der Waals surface area (Å²) in [5.74, 6) is 0.656. The lowest BCUT2D eigenvalue weighted by atomic mass is 10.0. The number of hydrogen-bond acceptors (Lipinski definition) is 3. The van der Waals surface area contributed by atoms with Crippen LogP contribution in [0.15, 0.2) is 34.8 Å². The van der Waals surface area contributed by atoms with E-state index in [0.717, 1.165) is 27.8 Å². The monoisotopic (exact) mass is 315 g/mol. The van der Waals surface area contributed by atoms with Crippen molar-refractivity contribution in [2.24, 2.45) is 0 Å². The maximum Gasteiger partial charge on any atom is 0.144 e. The van der Waals surface area contributed by atoms with Crippen molar-refractivity contribution in [2.45, 2.75) is 13.8 Å². The minimum Gasteiger partial charge on any atom is -0.369 e. The Morgan fingerprint density at radius 2 is 2.00 bits per heavy atom. The number of pyridine rings is 1. The number of halogens is 1. The fourth-order valence-electron chi connectivity index (χ4n) is 1.91. The van der Waals surface area contributed by atoms with Crippen LogP contribution in [0.3, 0.4) is 0 Å². The predicted octanol–water partition coefficient (Wildman–Crippen LogP) is 4.12. The van der Waals surface area contributed by atoms with Crippen LogP contribution in [-0.4, -0.2) is 11.5 Å². The molecule has 19 heavy (non-hydrogen) atoms. The number of nitriles is 1. The summed E-state index contributed by atoms with van der Waals surface area (Å²) >= 11 is 3.42. The lowest BCUT2D eigenvalue weighted by molar-refractivity contribution is 1.12. The van der Waals surface area contributed by atoms with Crippen LogP contribution in [0, 0.1) is 18.3 Å². The van der Waals surface area contributed by atoms with Crippen LogP contribution in [-0.2, 0) is 0 Å². The molecule has 0 spiro atoms. The summed E-state index contributed by atoms with van der Waals surface area (Å²) in [5.41, 5.74) is 3.54. The van der Waals surface area contributed by atoms with E-state index in [1.165, 1.54) is 0 Å². The number of aromatic nitrogens is 1. The van der Waals surface area contributed by atoms with Crippen LogP contribution < -0.4 is 5.32 Å². The van der Waals surface area contributed by atoms with Crippen molar-refractivity contribution in [3.05, 3.63) is 46.1 Å². The van der Waals surface area contributed by atoms with Gasteiger partial charge in [0.1, 0.15) is 11.9 Å². The third kappa shape index (κ3) is 2.94. The number of nitrogens with one attached hydrogen (secondary N) is 1. The van der Waals surface area contributed by atoms with Crippen molar-refractivity contribution < 1.29 is 0 Å². The Balaban J connectivity index is 2.53. The molecule has 0 aliphatic heterocycles. The molecule has 0 saturated carbocycles. The van der Waals surface area contributed by atoms with Crippen molar-refractivity contribution in [3.8, 4) is 17.2 Å². The van der Waals surface area contributed by atoms with Crippen LogP contribution in [0.1, 0.15) is 18.2 Å². The summed E-state index contributed by atoms with van der Waals surface area (Å²) in [6.07, 6.45) is 0. The maximum atomic E-state index is 9.21. The van der Waals surface area contributed by atoms with Crippen molar-refractivity contribution in [2.75, 3.05) is 11.9 Å². The normalized spacial score (nSPS) is 10.0. The van der Waals surface area contributed by atoms with Crippen LogP contribution in [0.25, 0.3) is 11.1 Å². The van der Waals surface area contributed by atoms with Crippen LogP contribution in [0.2, 0.25) is 0 Å². The smallest absolute Gasteiger partial charge is 0.144 e. The van der Waals surface area contributed by atoms with Crippen LogP contribution >= 0.6 is 15.9 Å². The lowest BCUT2D eigenvalue weighted by Gasteiger charge is -2.11. The number of rotatable bonds is 3. The average Bonchev–Trinajstić information content (AvgIpc) is 2.41. The van der Waals surface area contributed by atoms with E-state index in [2.05, 4.69) is 32.3 Å². The summed E-state index contributed by atoms with van der Waals surface area (Å²) in [4.78, 5) is 4.49. The van der Waals surface area contributed by atoms with Crippen molar-refractivity contribution in [1.82, 2.24) is 4.98 Å². The van der Waals surface area contributed by atoms with Gasteiger partial charge in [-0.25, -0.2) is 4.98 Å². The molecule has 0 aliphatic rings. The molecule has 0 fully saturated rings. The molecular weight excluding hydrogens is 302 g/mol. The summed E-state index contributed by atoms with van der Waals surface area (Å²) in [6, 6.07) is 12.1. The van der Waals surface area contributed by atoms with Gasteiger partial charge in [-0.3, -0.25) is 0 Å². The Bertz CT molecular complexity index is 627. The molecule has 0 unspecified atom stereocenters. The molecule has 1 aromatic carbocycles. The fraction of sp³-hybridized carbons (Fsp3) is 0.200. The van der Waals surface area contributed by atoms with Crippen molar-refractivity contribution in [3.63, 3.8) is 0 Å². The third-order valence-electron chi connectivity index (χ3n) is 2.83. The molecule has 1 N–H and O–H groups in total. The standard InChI is InChI=1S/C15H14BrN3/c1-3-18-15-12(9-17)8-14(10(2)19-15)11-4-6-13(16)7-5-11/h4-8H,3H2,1-2H3,(H,18,19). The minimum atomic E-state index is 0.574. The van der Waals surface area contributed by atoms with Crippen molar-refractivity contribution in [1.29, 1.82) is 5.26 Å². The zero-order valence-electron chi connectivity index (χ0n) is 10.9. The average molecular weight is 316 g/mol. The lowest BCUT2D eigenvalue weighted by Crippen LogP contribution is -2.04. The van der Waals surface area contributed by atoms with Gasteiger partial charge < -0.3 is 5.32 Å². The summed E-state index contributed by atoms with van der Waals surface area (Å²) < 4.78 is 1.03. The first kappa shape index (κ1) is 13.6. The first-order valence-corrected chi connectivity index (χ1v) is 6.86. The number of benzene rings is 1. The third-order valence-corrected chi connectivity index (χ3v) is 3.36. The van der Waals surface area contributed by atoms with E-state index in [-0.39, 0.29) is 0 Å². The van der Waals surface area contributed by atoms with E-state index in [4.69, 9.17) is 0 Å². The van der Waals surface area contributed by atoms with Gasteiger partial charge in [0.2, 0.25) is 0 Å². The van der Waals surface area contributed by atoms with Gasteiger partial charge in [-0.15, -0.1) is 0 Å². The molecule has 3 nitrogen and oxygen atoms in total. The van der Waals surface area contributed by atoms with Gasteiger partial charge in [0.05, 0.1) is 5.56 Å². The number of hydrogen-bond donors (Lipinski definition) is 1. The Hall–Kier alpha value is -1.86. The predicted molar refractivity (Wildman–Crippen MR) is 81.0 cm³/mol. The van der Waals surface area contributed by atoms with Crippen molar-refractivity contribution >= 4 is 21.7 Å². The van der Waals surface area contributed by atoms with E-state index >= 15 is 0 Å².